The highest BCUT2D eigenvalue weighted by molar-refractivity contribution is 6.33. The Morgan fingerprint density at radius 1 is 0.533 bits per heavy atom. The predicted molar refractivity (Wildman–Crippen MR) is 124 cm³/mol. The maximum Gasteiger partial charge on any atom is 0.141 e. The van der Waals surface area contributed by atoms with Gasteiger partial charge in [-0.25, -0.2) is 0 Å². The molecule has 1 N–H and O–H groups in total. The lowest BCUT2D eigenvalue weighted by Crippen LogP contribution is -2.41. The second kappa shape index (κ2) is 6.84. The van der Waals surface area contributed by atoms with Crippen molar-refractivity contribution in [2.75, 3.05) is 0 Å². The van der Waals surface area contributed by atoms with Gasteiger partial charge in [-0.3, -0.25) is 0 Å². The molecule has 0 atom stereocenters. The molecule has 0 saturated carbocycles. The minimum absolute atomic E-state index is 0.210. The summed E-state index contributed by atoms with van der Waals surface area (Å²) in [4.78, 5) is 0. The van der Waals surface area contributed by atoms with E-state index in [1.807, 2.05) is 60.7 Å². The fourth-order valence-electron chi connectivity index (χ4n) is 4.98. The summed E-state index contributed by atoms with van der Waals surface area (Å²) in [6.45, 7) is 4.45. The molecule has 5 rings (SSSR count). The van der Waals surface area contributed by atoms with Crippen LogP contribution in [0.4, 0.5) is 0 Å². The van der Waals surface area contributed by atoms with Gasteiger partial charge in [-0.05, 0) is 33.9 Å². The van der Waals surface area contributed by atoms with Gasteiger partial charge in [0, 0.05) is 21.6 Å². The van der Waals surface area contributed by atoms with Crippen LogP contribution < -0.4 is 0 Å². The predicted octanol–water partition coefficient (Wildman–Crippen LogP) is 6.93. The van der Waals surface area contributed by atoms with Gasteiger partial charge in [0.15, 0.2) is 0 Å². The van der Waals surface area contributed by atoms with E-state index in [0.717, 1.165) is 38.9 Å². The summed E-state index contributed by atoms with van der Waals surface area (Å²) in [5.74, 6) is 0. The van der Waals surface area contributed by atoms with Crippen LogP contribution in [0.1, 0.15) is 41.7 Å². The van der Waals surface area contributed by atoms with E-state index < -0.39 is 5.60 Å². The molecule has 0 unspecified atom stereocenters. The topological polar surface area (TPSA) is 20.2 Å². The van der Waals surface area contributed by atoms with Crippen molar-refractivity contribution in [3.8, 4) is 11.1 Å². The highest BCUT2D eigenvalue weighted by atomic mass is 35.5. The zero-order valence-corrected chi connectivity index (χ0v) is 17.8. The Morgan fingerprint density at radius 2 is 0.933 bits per heavy atom. The molecule has 1 aliphatic carbocycles. The first-order chi connectivity index (χ1) is 14.5. The van der Waals surface area contributed by atoms with E-state index in [9.17, 15) is 5.11 Å². The molecule has 0 saturated heterocycles. The van der Waals surface area contributed by atoms with Gasteiger partial charge in [-0.1, -0.05) is 116 Å². The monoisotopic (exact) mass is 410 g/mol. The van der Waals surface area contributed by atoms with Crippen LogP contribution in [0.3, 0.4) is 0 Å². The molecule has 0 heterocycles. The summed E-state index contributed by atoms with van der Waals surface area (Å²) < 4.78 is 0. The number of rotatable bonds is 2. The molecular formula is C28H23ClO. The minimum atomic E-state index is -1.28. The molecule has 4 aromatic rings. The number of fused-ring (bicyclic) bond motifs is 2. The zero-order valence-electron chi connectivity index (χ0n) is 17.1. The zero-order chi connectivity index (χ0) is 20.9. The van der Waals surface area contributed by atoms with E-state index in [1.165, 1.54) is 0 Å². The average molecular weight is 411 g/mol. The molecule has 148 valence electrons. The standard InChI is InChI=1S/C28H23ClO/c1-27(2)22-14-6-8-16-24(22)28(30,25-17-9-7-15-23(25)27)21-13-5-3-11-19(21)20-12-4-10-18-26(20)29/h3-18,30H,1-2H3. The van der Waals surface area contributed by atoms with Crippen molar-refractivity contribution in [2.24, 2.45) is 0 Å². The largest absolute Gasteiger partial charge is 0.376 e. The number of aliphatic hydroxyl groups is 1. The first-order valence-electron chi connectivity index (χ1n) is 10.2. The molecule has 0 fully saturated rings. The van der Waals surface area contributed by atoms with Crippen molar-refractivity contribution in [3.05, 3.63) is 130 Å². The van der Waals surface area contributed by atoms with E-state index in [4.69, 9.17) is 11.6 Å². The fraction of sp³-hybridized carbons (Fsp3) is 0.143. The number of hydrogen-bond acceptors (Lipinski definition) is 1. The van der Waals surface area contributed by atoms with Crippen LogP contribution in [0.5, 0.6) is 0 Å². The second-order valence-electron chi connectivity index (χ2n) is 8.45. The molecule has 0 bridgehead atoms. The molecule has 0 aromatic heterocycles. The van der Waals surface area contributed by atoms with Crippen LogP contribution in [0.15, 0.2) is 97.1 Å². The van der Waals surface area contributed by atoms with E-state index >= 15 is 0 Å². The van der Waals surface area contributed by atoms with Crippen LogP contribution in [0, 0.1) is 0 Å². The lowest BCUT2D eigenvalue weighted by molar-refractivity contribution is 0.117. The van der Waals surface area contributed by atoms with Gasteiger partial charge in [-0.2, -0.15) is 0 Å². The summed E-state index contributed by atoms with van der Waals surface area (Å²) in [7, 11) is 0. The van der Waals surface area contributed by atoms with Crippen molar-refractivity contribution in [3.63, 3.8) is 0 Å². The second-order valence-corrected chi connectivity index (χ2v) is 8.86. The van der Waals surface area contributed by atoms with Crippen molar-refractivity contribution in [2.45, 2.75) is 24.9 Å². The third kappa shape index (κ3) is 2.59. The Hall–Kier alpha value is -2.87. The Labute approximate surface area is 182 Å². The molecule has 0 spiro atoms. The van der Waals surface area contributed by atoms with Crippen LogP contribution in [-0.2, 0) is 11.0 Å². The Kier molecular flexibility index (Phi) is 4.36. The van der Waals surface area contributed by atoms with Gasteiger partial charge in [-0.15, -0.1) is 0 Å². The van der Waals surface area contributed by atoms with Crippen molar-refractivity contribution in [1.82, 2.24) is 0 Å². The van der Waals surface area contributed by atoms with Crippen LogP contribution in [0.25, 0.3) is 11.1 Å². The van der Waals surface area contributed by atoms with Gasteiger partial charge in [0.1, 0.15) is 5.60 Å². The quantitative estimate of drug-likeness (QED) is 0.379. The highest BCUT2D eigenvalue weighted by Crippen LogP contribution is 2.53. The molecule has 0 amide bonds. The van der Waals surface area contributed by atoms with E-state index in [2.05, 4.69) is 50.2 Å². The summed E-state index contributed by atoms with van der Waals surface area (Å²) in [6, 6.07) is 32.3. The molecule has 4 aromatic carbocycles. The van der Waals surface area contributed by atoms with Crippen molar-refractivity contribution >= 4 is 11.6 Å². The van der Waals surface area contributed by atoms with Crippen LogP contribution in [-0.4, -0.2) is 5.11 Å². The summed E-state index contributed by atoms with van der Waals surface area (Å²) in [5.41, 5.74) is 5.34. The Balaban J connectivity index is 1.89. The maximum atomic E-state index is 12.6. The molecule has 30 heavy (non-hydrogen) atoms. The summed E-state index contributed by atoms with van der Waals surface area (Å²) >= 11 is 6.58. The Morgan fingerprint density at radius 3 is 1.47 bits per heavy atom. The SMILES string of the molecule is CC1(C)c2ccccc2C(O)(c2ccccc2-c2ccccc2Cl)c2ccccc21. The molecular weight excluding hydrogens is 388 g/mol. The smallest absolute Gasteiger partial charge is 0.141 e. The summed E-state index contributed by atoms with van der Waals surface area (Å²) in [5, 5.41) is 13.2. The molecule has 2 heteroatoms. The van der Waals surface area contributed by atoms with Gasteiger partial charge >= 0.3 is 0 Å². The van der Waals surface area contributed by atoms with E-state index in [0.29, 0.717) is 5.02 Å². The van der Waals surface area contributed by atoms with Crippen LogP contribution in [0.2, 0.25) is 5.02 Å². The van der Waals surface area contributed by atoms with E-state index in [1.54, 1.807) is 0 Å². The normalized spacial score (nSPS) is 15.9. The average Bonchev–Trinajstić information content (AvgIpc) is 2.78. The number of hydrogen-bond donors (Lipinski definition) is 1. The lowest BCUT2D eigenvalue weighted by Gasteiger charge is -2.45. The first kappa shape index (κ1) is 19.1. The summed E-state index contributed by atoms with van der Waals surface area (Å²) in [6.07, 6.45) is 0. The molecule has 0 radical (unpaired) electrons. The first-order valence-corrected chi connectivity index (χ1v) is 10.6. The molecule has 1 nitrogen and oxygen atoms in total. The number of benzene rings is 4. The van der Waals surface area contributed by atoms with Gasteiger partial charge < -0.3 is 5.11 Å². The molecule has 1 aliphatic rings. The minimum Gasteiger partial charge on any atom is -0.376 e. The Bertz CT molecular complexity index is 1210. The van der Waals surface area contributed by atoms with Gasteiger partial charge in [0.25, 0.3) is 0 Å². The molecule has 0 aliphatic heterocycles. The van der Waals surface area contributed by atoms with E-state index in [-0.39, 0.29) is 5.41 Å². The van der Waals surface area contributed by atoms with Crippen LogP contribution >= 0.6 is 11.6 Å². The maximum absolute atomic E-state index is 12.6. The van der Waals surface area contributed by atoms with Crippen molar-refractivity contribution < 1.29 is 5.11 Å². The van der Waals surface area contributed by atoms with Crippen molar-refractivity contribution in [1.29, 1.82) is 0 Å². The van der Waals surface area contributed by atoms with Gasteiger partial charge in [0.05, 0.1) is 0 Å². The lowest BCUT2D eigenvalue weighted by atomic mass is 9.61. The highest BCUT2D eigenvalue weighted by Gasteiger charge is 2.47. The third-order valence-electron chi connectivity index (χ3n) is 6.46. The fourth-order valence-corrected chi connectivity index (χ4v) is 5.22. The third-order valence-corrected chi connectivity index (χ3v) is 6.79. The van der Waals surface area contributed by atoms with Gasteiger partial charge in [0.2, 0.25) is 0 Å². The number of halogens is 1.